The highest BCUT2D eigenvalue weighted by Gasteiger charge is 2.15. The summed E-state index contributed by atoms with van der Waals surface area (Å²) >= 11 is 0. The van der Waals surface area contributed by atoms with Gasteiger partial charge < -0.3 is 15.6 Å². The number of carbonyl (C=O) groups excluding carboxylic acids is 1. The van der Waals surface area contributed by atoms with Crippen LogP contribution < -0.4 is 10.6 Å². The molecule has 1 aromatic carbocycles. The molecule has 0 spiro atoms. The van der Waals surface area contributed by atoms with Gasteiger partial charge in [0.2, 0.25) is 0 Å². The van der Waals surface area contributed by atoms with Crippen molar-refractivity contribution in [1.29, 1.82) is 0 Å². The quantitative estimate of drug-likeness (QED) is 0.804. The molecular formula is C15H20N4O. The van der Waals surface area contributed by atoms with Crippen LogP contribution in [0.5, 0.6) is 0 Å². The molecule has 0 saturated heterocycles. The Morgan fingerprint density at radius 1 is 1.30 bits per heavy atom. The summed E-state index contributed by atoms with van der Waals surface area (Å²) in [5.41, 5.74) is 3.01. The zero-order chi connectivity index (χ0) is 13.8. The van der Waals surface area contributed by atoms with Gasteiger partial charge in [-0.15, -0.1) is 0 Å². The fourth-order valence-electron chi connectivity index (χ4n) is 2.76. The van der Waals surface area contributed by atoms with Crippen molar-refractivity contribution < 1.29 is 4.79 Å². The Kier molecular flexibility index (Phi) is 3.85. The van der Waals surface area contributed by atoms with Crippen molar-refractivity contribution in [1.82, 2.24) is 20.6 Å². The SMILES string of the molecule is O=C(NCc1ccc2nc[nH]c2c1)NC1CCCCC1. The van der Waals surface area contributed by atoms with Crippen molar-refractivity contribution in [3.8, 4) is 0 Å². The monoisotopic (exact) mass is 272 g/mol. The Morgan fingerprint density at radius 3 is 3.00 bits per heavy atom. The van der Waals surface area contributed by atoms with Crippen LogP contribution in [0.15, 0.2) is 24.5 Å². The smallest absolute Gasteiger partial charge is 0.315 e. The maximum atomic E-state index is 11.9. The zero-order valence-electron chi connectivity index (χ0n) is 11.5. The largest absolute Gasteiger partial charge is 0.345 e. The number of nitrogens with zero attached hydrogens (tertiary/aromatic N) is 1. The molecule has 0 aliphatic heterocycles. The minimum absolute atomic E-state index is 0.0680. The molecule has 1 heterocycles. The highest BCUT2D eigenvalue weighted by atomic mass is 16.2. The van der Waals surface area contributed by atoms with Gasteiger partial charge in [0, 0.05) is 12.6 Å². The lowest BCUT2D eigenvalue weighted by molar-refractivity contribution is 0.232. The fraction of sp³-hybridized carbons (Fsp3) is 0.467. The van der Waals surface area contributed by atoms with E-state index in [1.54, 1.807) is 6.33 Å². The molecule has 3 N–H and O–H groups in total. The van der Waals surface area contributed by atoms with E-state index in [0.29, 0.717) is 12.6 Å². The molecule has 0 bridgehead atoms. The van der Waals surface area contributed by atoms with E-state index in [1.165, 1.54) is 19.3 Å². The van der Waals surface area contributed by atoms with Crippen LogP contribution in [0, 0.1) is 0 Å². The van der Waals surface area contributed by atoms with Crippen molar-refractivity contribution in [3.05, 3.63) is 30.1 Å². The number of H-pyrrole nitrogens is 1. The molecular weight excluding hydrogens is 252 g/mol. The minimum Gasteiger partial charge on any atom is -0.345 e. The van der Waals surface area contributed by atoms with Crippen LogP contribution >= 0.6 is 0 Å². The summed E-state index contributed by atoms with van der Waals surface area (Å²) in [6.07, 6.45) is 7.63. The molecule has 1 aromatic heterocycles. The van der Waals surface area contributed by atoms with E-state index in [0.717, 1.165) is 29.4 Å². The molecule has 1 aliphatic rings. The summed E-state index contributed by atoms with van der Waals surface area (Å²) < 4.78 is 0. The Morgan fingerprint density at radius 2 is 2.15 bits per heavy atom. The van der Waals surface area contributed by atoms with Crippen molar-refractivity contribution in [2.45, 2.75) is 44.7 Å². The van der Waals surface area contributed by atoms with Gasteiger partial charge in [0.15, 0.2) is 0 Å². The third kappa shape index (κ3) is 3.10. The lowest BCUT2D eigenvalue weighted by Gasteiger charge is -2.22. The molecule has 0 unspecified atom stereocenters. The fourth-order valence-corrected chi connectivity index (χ4v) is 2.76. The molecule has 106 valence electrons. The number of carbonyl (C=O) groups is 1. The second-order valence-corrected chi connectivity index (χ2v) is 5.42. The first kappa shape index (κ1) is 13.0. The number of amides is 2. The summed E-state index contributed by atoms with van der Waals surface area (Å²) in [7, 11) is 0. The van der Waals surface area contributed by atoms with E-state index in [2.05, 4.69) is 20.6 Å². The van der Waals surface area contributed by atoms with Crippen LogP contribution in [-0.2, 0) is 6.54 Å². The van der Waals surface area contributed by atoms with E-state index in [-0.39, 0.29) is 6.03 Å². The summed E-state index contributed by atoms with van der Waals surface area (Å²) in [4.78, 5) is 19.1. The van der Waals surface area contributed by atoms with Crippen LogP contribution in [0.4, 0.5) is 4.79 Å². The number of imidazole rings is 1. The lowest BCUT2D eigenvalue weighted by atomic mass is 9.96. The third-order valence-corrected chi connectivity index (χ3v) is 3.88. The lowest BCUT2D eigenvalue weighted by Crippen LogP contribution is -2.42. The molecule has 0 radical (unpaired) electrons. The molecule has 1 aliphatic carbocycles. The average Bonchev–Trinajstić information content (AvgIpc) is 2.93. The average molecular weight is 272 g/mol. The number of hydrogen-bond donors (Lipinski definition) is 3. The number of aromatic amines is 1. The predicted octanol–water partition coefficient (Wildman–Crippen LogP) is 2.69. The van der Waals surface area contributed by atoms with E-state index >= 15 is 0 Å². The topological polar surface area (TPSA) is 69.8 Å². The molecule has 5 nitrogen and oxygen atoms in total. The van der Waals surface area contributed by atoms with Gasteiger partial charge in [0.1, 0.15) is 0 Å². The minimum atomic E-state index is -0.0680. The van der Waals surface area contributed by atoms with Gasteiger partial charge in [-0.2, -0.15) is 0 Å². The molecule has 2 amide bonds. The van der Waals surface area contributed by atoms with Crippen molar-refractivity contribution >= 4 is 17.1 Å². The molecule has 5 heteroatoms. The number of fused-ring (bicyclic) bond motifs is 1. The maximum absolute atomic E-state index is 11.9. The van der Waals surface area contributed by atoms with Gasteiger partial charge >= 0.3 is 6.03 Å². The Balaban J connectivity index is 1.51. The Bertz CT molecular complexity index is 586. The number of aromatic nitrogens is 2. The summed E-state index contributed by atoms with van der Waals surface area (Å²) in [6, 6.07) is 6.25. The van der Waals surface area contributed by atoms with E-state index < -0.39 is 0 Å². The second kappa shape index (κ2) is 5.94. The standard InChI is InChI=1S/C15H20N4O/c20-15(19-12-4-2-1-3-5-12)16-9-11-6-7-13-14(8-11)18-10-17-13/h6-8,10,12H,1-5,9H2,(H,17,18)(H2,16,19,20). The number of nitrogens with one attached hydrogen (secondary N) is 3. The Hall–Kier alpha value is -2.04. The van der Waals surface area contributed by atoms with Crippen molar-refractivity contribution in [2.75, 3.05) is 0 Å². The summed E-state index contributed by atoms with van der Waals surface area (Å²) in [5, 5.41) is 5.97. The molecule has 1 saturated carbocycles. The maximum Gasteiger partial charge on any atom is 0.315 e. The molecule has 0 atom stereocenters. The number of benzene rings is 1. The second-order valence-electron chi connectivity index (χ2n) is 5.42. The van der Waals surface area contributed by atoms with Gasteiger partial charge in [-0.25, -0.2) is 9.78 Å². The van der Waals surface area contributed by atoms with Gasteiger partial charge in [0.25, 0.3) is 0 Å². The number of hydrogen-bond acceptors (Lipinski definition) is 2. The van der Waals surface area contributed by atoms with Crippen LogP contribution in [-0.4, -0.2) is 22.0 Å². The normalized spacial score (nSPS) is 16.2. The van der Waals surface area contributed by atoms with Crippen LogP contribution in [0.1, 0.15) is 37.7 Å². The molecule has 2 aromatic rings. The molecule has 20 heavy (non-hydrogen) atoms. The zero-order valence-corrected chi connectivity index (χ0v) is 11.5. The first-order valence-electron chi connectivity index (χ1n) is 7.27. The third-order valence-electron chi connectivity index (χ3n) is 3.88. The van der Waals surface area contributed by atoms with E-state index in [1.807, 2.05) is 18.2 Å². The molecule has 3 rings (SSSR count). The number of urea groups is 1. The molecule has 1 fully saturated rings. The van der Waals surface area contributed by atoms with Crippen LogP contribution in [0.25, 0.3) is 11.0 Å². The summed E-state index contributed by atoms with van der Waals surface area (Å²) in [5.74, 6) is 0. The van der Waals surface area contributed by atoms with Gasteiger partial charge in [-0.1, -0.05) is 25.3 Å². The van der Waals surface area contributed by atoms with Crippen LogP contribution in [0.2, 0.25) is 0 Å². The highest BCUT2D eigenvalue weighted by Crippen LogP contribution is 2.17. The number of rotatable bonds is 3. The van der Waals surface area contributed by atoms with Gasteiger partial charge in [-0.3, -0.25) is 0 Å². The van der Waals surface area contributed by atoms with Gasteiger partial charge in [0.05, 0.1) is 17.4 Å². The summed E-state index contributed by atoms with van der Waals surface area (Å²) in [6.45, 7) is 0.535. The first-order valence-corrected chi connectivity index (χ1v) is 7.27. The Labute approximate surface area is 118 Å². The van der Waals surface area contributed by atoms with E-state index in [9.17, 15) is 4.79 Å². The van der Waals surface area contributed by atoms with E-state index in [4.69, 9.17) is 0 Å². The van der Waals surface area contributed by atoms with Crippen molar-refractivity contribution in [3.63, 3.8) is 0 Å². The first-order chi connectivity index (χ1) is 9.81. The van der Waals surface area contributed by atoms with Gasteiger partial charge in [-0.05, 0) is 30.5 Å². The predicted molar refractivity (Wildman–Crippen MR) is 78.3 cm³/mol. The highest BCUT2D eigenvalue weighted by molar-refractivity contribution is 5.76. The van der Waals surface area contributed by atoms with Crippen LogP contribution in [0.3, 0.4) is 0 Å². The van der Waals surface area contributed by atoms with Crippen molar-refractivity contribution in [2.24, 2.45) is 0 Å².